The van der Waals surface area contributed by atoms with Crippen molar-refractivity contribution >= 4 is 11.8 Å². The molecule has 0 spiro atoms. The molecule has 0 radical (unpaired) electrons. The number of likely N-dealkylation sites (N-methyl/N-ethyl adjacent to an activating group) is 1. The number of nitrogens with zero attached hydrogens (tertiary/aromatic N) is 2. The summed E-state index contributed by atoms with van der Waals surface area (Å²) in [6.45, 7) is 7.70. The number of amides is 2. The van der Waals surface area contributed by atoms with Gasteiger partial charge in [0.1, 0.15) is 0 Å². The highest BCUT2D eigenvalue weighted by molar-refractivity contribution is 5.78. The van der Waals surface area contributed by atoms with Gasteiger partial charge >= 0.3 is 0 Å². The summed E-state index contributed by atoms with van der Waals surface area (Å²) in [6.07, 6.45) is 2.11. The molecule has 0 atom stereocenters. The van der Waals surface area contributed by atoms with Gasteiger partial charge in [-0.1, -0.05) is 13.8 Å². The number of nitrogens with one attached hydrogen (secondary N) is 2. The number of rotatable bonds is 7. The van der Waals surface area contributed by atoms with Crippen molar-refractivity contribution in [2.24, 2.45) is 5.92 Å². The van der Waals surface area contributed by atoms with E-state index >= 15 is 0 Å². The van der Waals surface area contributed by atoms with E-state index < -0.39 is 0 Å². The molecular formula is C15H30N4O2. The van der Waals surface area contributed by atoms with Gasteiger partial charge in [-0.25, -0.2) is 0 Å². The van der Waals surface area contributed by atoms with Crippen molar-refractivity contribution in [1.82, 2.24) is 20.4 Å². The topological polar surface area (TPSA) is 64.7 Å². The SMILES string of the molecule is CC(C)C(=O)NCCNC1CCN(CC(=O)N(C)C)CC1. The van der Waals surface area contributed by atoms with E-state index in [9.17, 15) is 9.59 Å². The van der Waals surface area contributed by atoms with Gasteiger partial charge in [0.2, 0.25) is 11.8 Å². The van der Waals surface area contributed by atoms with Crippen LogP contribution < -0.4 is 10.6 Å². The highest BCUT2D eigenvalue weighted by Gasteiger charge is 2.20. The second-order valence-electron chi connectivity index (χ2n) is 6.24. The van der Waals surface area contributed by atoms with Gasteiger partial charge in [0, 0.05) is 52.2 Å². The van der Waals surface area contributed by atoms with E-state index in [2.05, 4.69) is 15.5 Å². The smallest absolute Gasteiger partial charge is 0.236 e. The first-order valence-electron chi connectivity index (χ1n) is 7.83. The summed E-state index contributed by atoms with van der Waals surface area (Å²) in [4.78, 5) is 26.9. The summed E-state index contributed by atoms with van der Waals surface area (Å²) in [5.41, 5.74) is 0. The normalized spacial score (nSPS) is 17.0. The van der Waals surface area contributed by atoms with Gasteiger partial charge in [0.25, 0.3) is 0 Å². The minimum absolute atomic E-state index is 0.0440. The second kappa shape index (κ2) is 9.00. The van der Waals surface area contributed by atoms with Gasteiger partial charge in [0.05, 0.1) is 6.54 Å². The van der Waals surface area contributed by atoms with E-state index in [1.54, 1.807) is 19.0 Å². The second-order valence-corrected chi connectivity index (χ2v) is 6.24. The van der Waals surface area contributed by atoms with Crippen LogP contribution in [0.4, 0.5) is 0 Å². The lowest BCUT2D eigenvalue weighted by Crippen LogP contribution is -2.47. The molecule has 0 saturated carbocycles. The quantitative estimate of drug-likeness (QED) is 0.644. The fourth-order valence-corrected chi connectivity index (χ4v) is 2.29. The number of hydrogen-bond donors (Lipinski definition) is 2. The summed E-state index contributed by atoms with van der Waals surface area (Å²) < 4.78 is 0. The summed E-state index contributed by atoms with van der Waals surface area (Å²) in [6, 6.07) is 0.492. The molecule has 0 unspecified atom stereocenters. The Morgan fingerprint density at radius 1 is 1.19 bits per heavy atom. The van der Waals surface area contributed by atoms with E-state index in [1.807, 2.05) is 13.8 Å². The lowest BCUT2D eigenvalue weighted by molar-refractivity contribution is -0.130. The lowest BCUT2D eigenvalue weighted by atomic mass is 10.1. The Kier molecular flexibility index (Phi) is 7.67. The van der Waals surface area contributed by atoms with Gasteiger partial charge in [-0.2, -0.15) is 0 Å². The van der Waals surface area contributed by atoms with Gasteiger partial charge in [-0.15, -0.1) is 0 Å². The number of carbonyl (C=O) groups is 2. The third kappa shape index (κ3) is 6.91. The number of carbonyl (C=O) groups excluding carboxylic acids is 2. The molecule has 0 aliphatic carbocycles. The highest BCUT2D eigenvalue weighted by Crippen LogP contribution is 2.09. The van der Waals surface area contributed by atoms with Crippen molar-refractivity contribution in [1.29, 1.82) is 0 Å². The van der Waals surface area contributed by atoms with Gasteiger partial charge in [0.15, 0.2) is 0 Å². The molecule has 6 heteroatoms. The molecular weight excluding hydrogens is 268 g/mol. The zero-order valence-electron chi connectivity index (χ0n) is 13.8. The van der Waals surface area contributed by atoms with Crippen molar-refractivity contribution < 1.29 is 9.59 Å². The number of likely N-dealkylation sites (tertiary alicyclic amines) is 1. The van der Waals surface area contributed by atoms with Crippen LogP contribution in [-0.2, 0) is 9.59 Å². The Balaban J connectivity index is 2.11. The van der Waals surface area contributed by atoms with Crippen LogP contribution in [0.3, 0.4) is 0 Å². The van der Waals surface area contributed by atoms with Crippen LogP contribution in [0.2, 0.25) is 0 Å². The molecule has 1 fully saturated rings. The largest absolute Gasteiger partial charge is 0.355 e. The van der Waals surface area contributed by atoms with Crippen LogP contribution in [-0.4, -0.2) is 74.5 Å². The Morgan fingerprint density at radius 2 is 1.81 bits per heavy atom. The fraction of sp³-hybridized carbons (Fsp3) is 0.867. The number of hydrogen-bond acceptors (Lipinski definition) is 4. The maximum absolute atomic E-state index is 11.7. The van der Waals surface area contributed by atoms with E-state index in [4.69, 9.17) is 0 Å². The maximum atomic E-state index is 11.7. The zero-order valence-corrected chi connectivity index (χ0v) is 13.8. The Hall–Kier alpha value is -1.14. The molecule has 1 rings (SSSR count). The van der Waals surface area contributed by atoms with Crippen molar-refractivity contribution in [3.05, 3.63) is 0 Å². The van der Waals surface area contributed by atoms with Crippen LogP contribution in [0, 0.1) is 5.92 Å². The third-order valence-corrected chi connectivity index (χ3v) is 3.83. The Morgan fingerprint density at radius 3 is 2.33 bits per heavy atom. The molecule has 0 aromatic carbocycles. The van der Waals surface area contributed by atoms with Crippen molar-refractivity contribution in [3.63, 3.8) is 0 Å². The molecule has 0 aromatic rings. The summed E-state index contributed by atoms with van der Waals surface area (Å²) >= 11 is 0. The zero-order chi connectivity index (χ0) is 15.8. The predicted octanol–water partition coefficient (Wildman–Crippen LogP) is -0.0992. The fourth-order valence-electron chi connectivity index (χ4n) is 2.29. The molecule has 0 aromatic heterocycles. The maximum Gasteiger partial charge on any atom is 0.236 e. The van der Waals surface area contributed by atoms with Crippen LogP contribution in [0.25, 0.3) is 0 Å². The third-order valence-electron chi connectivity index (χ3n) is 3.83. The first kappa shape index (κ1) is 17.9. The van der Waals surface area contributed by atoms with Crippen LogP contribution in [0.1, 0.15) is 26.7 Å². The van der Waals surface area contributed by atoms with E-state index in [0.717, 1.165) is 32.5 Å². The summed E-state index contributed by atoms with van der Waals surface area (Å²) in [5, 5.41) is 6.38. The molecule has 1 aliphatic heterocycles. The van der Waals surface area contributed by atoms with Gasteiger partial charge in [-0.3, -0.25) is 14.5 Å². The average molecular weight is 298 g/mol. The van der Waals surface area contributed by atoms with Crippen molar-refractivity contribution in [2.75, 3.05) is 46.8 Å². The average Bonchev–Trinajstić information content (AvgIpc) is 2.44. The Labute approximate surface area is 128 Å². The van der Waals surface area contributed by atoms with Gasteiger partial charge < -0.3 is 15.5 Å². The minimum Gasteiger partial charge on any atom is -0.355 e. The number of piperidine rings is 1. The first-order chi connectivity index (χ1) is 9.90. The van der Waals surface area contributed by atoms with Crippen LogP contribution in [0.15, 0.2) is 0 Å². The summed E-state index contributed by atoms with van der Waals surface area (Å²) in [5.74, 6) is 0.314. The molecule has 1 heterocycles. The predicted molar refractivity (Wildman–Crippen MR) is 84.0 cm³/mol. The van der Waals surface area contributed by atoms with Crippen molar-refractivity contribution in [3.8, 4) is 0 Å². The van der Waals surface area contributed by atoms with Crippen molar-refractivity contribution in [2.45, 2.75) is 32.7 Å². The molecule has 1 saturated heterocycles. The standard InChI is InChI=1S/C15H30N4O2/c1-12(2)15(21)17-8-7-16-13-5-9-19(10-6-13)11-14(20)18(3)4/h12-13,16H,5-11H2,1-4H3,(H,17,21). The Bertz CT molecular complexity index is 334. The molecule has 2 amide bonds. The molecule has 1 aliphatic rings. The lowest BCUT2D eigenvalue weighted by Gasteiger charge is -2.32. The monoisotopic (exact) mass is 298 g/mol. The molecule has 2 N–H and O–H groups in total. The summed E-state index contributed by atoms with van der Waals surface area (Å²) in [7, 11) is 3.59. The minimum atomic E-state index is 0.0440. The molecule has 21 heavy (non-hydrogen) atoms. The van der Waals surface area contributed by atoms with E-state index in [0.29, 0.717) is 19.1 Å². The molecule has 122 valence electrons. The van der Waals surface area contributed by atoms with E-state index in [-0.39, 0.29) is 17.7 Å². The van der Waals surface area contributed by atoms with E-state index in [1.165, 1.54) is 0 Å². The molecule has 0 bridgehead atoms. The first-order valence-corrected chi connectivity index (χ1v) is 7.83. The van der Waals surface area contributed by atoms with Crippen LogP contribution >= 0.6 is 0 Å². The molecule has 6 nitrogen and oxygen atoms in total. The van der Waals surface area contributed by atoms with Gasteiger partial charge in [-0.05, 0) is 12.8 Å². The highest BCUT2D eigenvalue weighted by atomic mass is 16.2. The van der Waals surface area contributed by atoms with Crippen LogP contribution in [0.5, 0.6) is 0 Å².